The Kier molecular flexibility index (Phi) is 19.9. The summed E-state index contributed by atoms with van der Waals surface area (Å²) in [6, 6.07) is 0. The molecule has 0 spiro atoms. The number of hydrogen-bond acceptors (Lipinski definition) is 6. The maximum Gasteiger partial charge on any atom is 2.00 e. The Balaban J connectivity index is -0.0000000387. The zero-order valence-corrected chi connectivity index (χ0v) is 14.5. The number of hydrogen-bond donors (Lipinski definition) is 6. The number of carboxylic acid groups (broad SMARTS) is 5. The van der Waals surface area contributed by atoms with Crippen molar-refractivity contribution in [2.24, 2.45) is 0 Å². The molecule has 0 amide bonds. The second-order valence-electron chi connectivity index (χ2n) is 2.81. The fraction of sp³-hybridized carbons (Fsp3) is 0.429. The molecule has 0 fully saturated rings. The molecule has 0 heterocycles. The van der Waals surface area contributed by atoms with Crippen LogP contribution in [0.1, 0.15) is 18.5 Å². The van der Waals surface area contributed by atoms with Crippen LogP contribution in [0.3, 0.4) is 0 Å². The number of rotatable bonds is 6. The molecular weight excluding hydrogens is 340 g/mol. The monoisotopic (exact) mass is 354 g/mol. The van der Waals surface area contributed by atoms with E-state index in [1.165, 1.54) is 0 Å². The maximum atomic E-state index is 10.5. The SMILES string of the molecule is O=C(O)CC(CC(=O)O)(OO)C(=O)O.O=C(O)O.[Ca+2].[Ca+2].[H-].[H-].[H-].[H-]. The molecule has 0 aliphatic carbocycles. The third-order valence-corrected chi connectivity index (χ3v) is 1.44. The van der Waals surface area contributed by atoms with Crippen molar-refractivity contribution in [1.29, 1.82) is 0 Å². The van der Waals surface area contributed by atoms with Gasteiger partial charge in [0.1, 0.15) is 0 Å². The van der Waals surface area contributed by atoms with Crippen molar-refractivity contribution in [1.82, 2.24) is 0 Å². The van der Waals surface area contributed by atoms with Gasteiger partial charge in [-0.2, -0.15) is 0 Å². The molecule has 0 radical (unpaired) electrons. The summed E-state index contributed by atoms with van der Waals surface area (Å²) in [4.78, 5) is 43.0. The Morgan fingerprint density at radius 1 is 0.850 bits per heavy atom. The summed E-state index contributed by atoms with van der Waals surface area (Å²) in [5, 5.41) is 47.3. The largest absolute Gasteiger partial charge is 2.00 e. The van der Waals surface area contributed by atoms with Crippen molar-refractivity contribution >= 4 is 99.5 Å². The maximum absolute atomic E-state index is 10.5. The second-order valence-corrected chi connectivity index (χ2v) is 2.81. The van der Waals surface area contributed by atoms with E-state index >= 15 is 0 Å². The number of aliphatic carboxylic acids is 3. The molecule has 0 aromatic carbocycles. The van der Waals surface area contributed by atoms with E-state index in [1.54, 1.807) is 0 Å². The quantitative estimate of drug-likeness (QED) is 0.197. The van der Waals surface area contributed by atoms with E-state index in [4.69, 9.17) is 35.6 Å². The van der Waals surface area contributed by atoms with Crippen LogP contribution in [0.25, 0.3) is 0 Å². The van der Waals surface area contributed by atoms with Gasteiger partial charge in [0.15, 0.2) is 0 Å². The zero-order chi connectivity index (χ0) is 14.9. The Morgan fingerprint density at radius 3 is 1.20 bits per heavy atom. The average Bonchev–Trinajstić information content (AvgIpc) is 2.13. The molecule has 0 aliphatic rings. The summed E-state index contributed by atoms with van der Waals surface area (Å²) in [6.07, 6.45) is -4.13. The van der Waals surface area contributed by atoms with Gasteiger partial charge in [0.2, 0.25) is 5.60 Å². The van der Waals surface area contributed by atoms with Crippen molar-refractivity contribution in [2.45, 2.75) is 18.4 Å². The van der Waals surface area contributed by atoms with Crippen molar-refractivity contribution in [3.63, 3.8) is 0 Å². The molecule has 0 saturated heterocycles. The minimum atomic E-state index is -2.64. The molecular formula is C7H14Ca2O11. The minimum Gasteiger partial charge on any atom is -1.00 e. The molecule has 0 aromatic heterocycles. The van der Waals surface area contributed by atoms with Crippen LogP contribution >= 0.6 is 0 Å². The first-order valence-electron chi connectivity index (χ1n) is 3.99. The molecule has 20 heavy (non-hydrogen) atoms. The first-order valence-corrected chi connectivity index (χ1v) is 3.99. The summed E-state index contributed by atoms with van der Waals surface area (Å²) >= 11 is 0. The van der Waals surface area contributed by atoms with Gasteiger partial charge in [-0.25, -0.2) is 14.5 Å². The zero-order valence-electron chi connectivity index (χ0n) is 14.1. The van der Waals surface area contributed by atoms with Gasteiger partial charge in [-0.15, -0.1) is 0 Å². The van der Waals surface area contributed by atoms with Gasteiger partial charge in [0.05, 0.1) is 12.8 Å². The van der Waals surface area contributed by atoms with Crippen molar-refractivity contribution in [3.05, 3.63) is 0 Å². The van der Waals surface area contributed by atoms with Gasteiger partial charge in [-0.3, -0.25) is 14.8 Å². The van der Waals surface area contributed by atoms with Gasteiger partial charge >= 0.3 is 99.5 Å². The molecule has 6 N–H and O–H groups in total. The van der Waals surface area contributed by atoms with Crippen molar-refractivity contribution in [2.75, 3.05) is 0 Å². The summed E-state index contributed by atoms with van der Waals surface area (Å²) in [7, 11) is 0. The first-order chi connectivity index (χ1) is 8.07. The molecule has 112 valence electrons. The van der Waals surface area contributed by atoms with E-state index in [-0.39, 0.29) is 81.2 Å². The molecule has 0 saturated carbocycles. The van der Waals surface area contributed by atoms with E-state index in [0.717, 1.165) is 0 Å². The predicted molar refractivity (Wildman–Crippen MR) is 65.2 cm³/mol. The molecule has 0 aliphatic heterocycles. The third kappa shape index (κ3) is 14.5. The normalized spacial score (nSPS) is 8.85. The van der Waals surface area contributed by atoms with Gasteiger partial charge < -0.3 is 31.2 Å². The molecule has 0 atom stereocenters. The van der Waals surface area contributed by atoms with Crippen LogP contribution in [0.15, 0.2) is 0 Å². The second kappa shape index (κ2) is 14.1. The predicted octanol–water partition coefficient (Wildman–Crippen LogP) is -0.840. The molecule has 13 heteroatoms. The van der Waals surface area contributed by atoms with Crippen LogP contribution in [0.2, 0.25) is 0 Å². The fourth-order valence-electron chi connectivity index (χ4n) is 0.806. The van der Waals surface area contributed by atoms with Crippen LogP contribution in [0, 0.1) is 0 Å². The van der Waals surface area contributed by atoms with Crippen molar-refractivity contribution in [3.8, 4) is 0 Å². The van der Waals surface area contributed by atoms with Gasteiger partial charge in [-0.1, -0.05) is 0 Å². The molecule has 0 rings (SSSR count). The molecule has 0 bridgehead atoms. The smallest absolute Gasteiger partial charge is 1.00 e. The standard InChI is InChI=1S/C6H8O8.CH2O3.2Ca.4H/c7-3(8)1-6(14-13,5(11)12)2-4(9)10;2-1(3)4;;;;;;/h13H,1-2H2,(H,7,8)(H,9,10)(H,11,12);(H2,2,3,4);;;;;;/q;;2*+2;4*-1. The van der Waals surface area contributed by atoms with E-state index in [0.29, 0.717) is 0 Å². The number of carbonyl (C=O) groups is 4. The van der Waals surface area contributed by atoms with E-state index < -0.39 is 42.5 Å². The fourth-order valence-corrected chi connectivity index (χ4v) is 0.806. The Bertz CT molecular complexity index is 337. The van der Waals surface area contributed by atoms with E-state index in [1.807, 2.05) is 0 Å². The Hall–Kier alpha value is 0.119. The van der Waals surface area contributed by atoms with Gasteiger partial charge in [0, 0.05) is 0 Å². The van der Waals surface area contributed by atoms with Crippen LogP contribution in [0.5, 0.6) is 0 Å². The summed E-state index contributed by atoms with van der Waals surface area (Å²) in [6.45, 7) is 0. The molecule has 0 unspecified atom stereocenters. The average molecular weight is 354 g/mol. The number of carboxylic acids is 3. The Labute approximate surface area is 177 Å². The van der Waals surface area contributed by atoms with Crippen LogP contribution in [0.4, 0.5) is 4.79 Å². The van der Waals surface area contributed by atoms with Gasteiger partial charge in [-0.05, 0) is 0 Å². The van der Waals surface area contributed by atoms with Crippen LogP contribution in [-0.2, 0) is 19.3 Å². The molecule has 0 aromatic rings. The topological polar surface area (TPSA) is 199 Å². The minimum absolute atomic E-state index is 0. The Morgan fingerprint density at radius 2 is 1.10 bits per heavy atom. The third-order valence-electron chi connectivity index (χ3n) is 1.44. The summed E-state index contributed by atoms with van der Waals surface area (Å²) in [5.41, 5.74) is -2.64. The van der Waals surface area contributed by atoms with Gasteiger partial charge in [0.25, 0.3) is 0 Å². The first kappa shape index (κ1) is 28.3. The van der Waals surface area contributed by atoms with E-state index in [9.17, 15) is 14.4 Å². The van der Waals surface area contributed by atoms with Crippen LogP contribution in [-0.4, -0.2) is 136 Å². The molecule has 11 nitrogen and oxygen atoms in total. The van der Waals surface area contributed by atoms with E-state index in [2.05, 4.69) is 4.89 Å². The summed E-state index contributed by atoms with van der Waals surface area (Å²) in [5.74, 6) is -5.05. The summed E-state index contributed by atoms with van der Waals surface area (Å²) < 4.78 is 0. The van der Waals surface area contributed by atoms with Crippen LogP contribution < -0.4 is 0 Å². The van der Waals surface area contributed by atoms with Crippen molar-refractivity contribution < 1.29 is 60.6 Å².